The molecule has 0 spiro atoms. The average molecular weight is 281 g/mol. The number of hydrogen-bond acceptors (Lipinski definition) is 4. The summed E-state index contributed by atoms with van der Waals surface area (Å²) in [6, 6.07) is -4.00. The lowest BCUT2D eigenvalue weighted by Gasteiger charge is -2.27. The molecule has 106 valence electrons. The van der Waals surface area contributed by atoms with Crippen LogP contribution in [0, 0.1) is 5.41 Å². The molecule has 1 unspecified atom stereocenters. The maximum Gasteiger partial charge on any atom is 0.407 e. The van der Waals surface area contributed by atoms with Gasteiger partial charge in [0.2, 0.25) is 0 Å². The molecule has 0 saturated carbocycles. The van der Waals surface area contributed by atoms with Gasteiger partial charge in [-0.25, -0.2) is 9.59 Å². The Morgan fingerprint density at radius 2 is 2.22 bits per heavy atom. The van der Waals surface area contributed by atoms with Crippen LogP contribution in [0.3, 0.4) is 0 Å². The van der Waals surface area contributed by atoms with Crippen LogP contribution in [0.5, 0.6) is 0 Å². The second kappa shape index (κ2) is 7.79. The Hall–Kier alpha value is -1.46. The Bertz CT molecular complexity index is 917. The van der Waals surface area contributed by atoms with Crippen molar-refractivity contribution in [3.05, 3.63) is 0 Å². The minimum atomic E-state index is -5.02. The highest BCUT2D eigenvalue weighted by molar-refractivity contribution is 5.67. The predicted molar refractivity (Wildman–Crippen MR) is 68.2 cm³/mol. The van der Waals surface area contributed by atoms with Crippen LogP contribution >= 0.6 is 0 Å². The van der Waals surface area contributed by atoms with Gasteiger partial charge in [0, 0.05) is 33.4 Å². The van der Waals surface area contributed by atoms with Gasteiger partial charge in [-0.2, -0.15) is 0 Å². The third kappa shape index (κ3) is 7.76. The average Bonchev–Trinajstić information content (AvgIpc) is 2.54. The third-order valence-electron chi connectivity index (χ3n) is 1.08. The van der Waals surface area contributed by atoms with E-state index in [0.29, 0.717) is 0 Å². The van der Waals surface area contributed by atoms with Gasteiger partial charge in [-0.1, -0.05) is 20.1 Å². The Kier molecular flexibility index (Phi) is 1.29. The van der Waals surface area contributed by atoms with Crippen LogP contribution in [0.15, 0.2) is 0 Å². The van der Waals surface area contributed by atoms with E-state index in [9.17, 15) is 9.59 Å². The molecule has 0 bridgehead atoms. The number of hydrogen-bond donors (Lipinski definition) is 2. The van der Waals surface area contributed by atoms with Crippen molar-refractivity contribution in [1.29, 1.82) is 0 Å². The molecule has 0 heterocycles. The van der Waals surface area contributed by atoms with Crippen molar-refractivity contribution in [2.45, 2.75) is 46.2 Å². The topological polar surface area (TPSA) is 90.7 Å². The highest BCUT2D eigenvalue weighted by Crippen LogP contribution is 2.24. The SMILES string of the molecule is [2H]C([2H])([2H])C([2H])([2H])C([2H])([2H])C(C([2H])([2H])[2H])(C([2H])([2H])OC(N)=O)C([2H])([2H])OC(=O)NC([2H])(C([2H])([2H])[2H])C([2H])([2H])[2H]. The maximum atomic E-state index is 12.5. The van der Waals surface area contributed by atoms with E-state index < -0.39 is 76.9 Å². The van der Waals surface area contributed by atoms with Crippen molar-refractivity contribution in [2.24, 2.45) is 11.1 Å². The van der Waals surface area contributed by atoms with Gasteiger partial charge in [-0.3, -0.25) is 0 Å². The number of alkyl carbamates (subject to hydrolysis) is 1. The molecule has 0 rings (SSSR count). The summed E-state index contributed by atoms with van der Waals surface area (Å²) in [5, 5.41) is 0.940. The van der Waals surface area contributed by atoms with Gasteiger partial charge in [0.15, 0.2) is 0 Å². The van der Waals surface area contributed by atoms with Crippen LogP contribution in [-0.2, 0) is 9.47 Å². The Labute approximate surface area is 138 Å². The number of carbonyl (C=O) groups excluding carboxylic acids is 2. The second-order valence-corrected chi connectivity index (χ2v) is 2.51. The summed E-state index contributed by atoms with van der Waals surface area (Å²) in [6.07, 6.45) is -14.3. The molecule has 18 heavy (non-hydrogen) atoms. The lowest BCUT2D eigenvalue weighted by atomic mass is 9.87. The zero-order valence-corrected chi connectivity index (χ0v) is 8.71. The molecule has 2 amide bonds. The molecule has 6 heteroatoms. The number of nitrogens with one attached hydrogen (secondary N) is 1. The fourth-order valence-corrected chi connectivity index (χ4v) is 0.543. The van der Waals surface area contributed by atoms with E-state index in [4.69, 9.17) is 28.8 Å². The molecule has 0 aliphatic carbocycles. The first-order chi connectivity index (χ1) is 16.5. The van der Waals surface area contributed by atoms with Gasteiger partial charge in [0.05, 0.1) is 6.85 Å². The summed E-state index contributed by atoms with van der Waals surface area (Å²) in [4.78, 5) is 23.9. The molecule has 0 saturated heterocycles. The standard InChI is InChI=1S/C12H24N2O4/c1-5-6-12(4,7-17-10(13)15)8-18-11(16)14-9(2)3/h9H,5-8H2,1-4H3,(H2,13,15)(H,14,16)/i1D3,2D3,3D3,4D3,5D2,6D2,7D2,8D2,9D. The first-order valence-corrected chi connectivity index (χ1v) is 4.01. The van der Waals surface area contributed by atoms with Crippen LogP contribution in [-0.4, -0.2) is 31.3 Å². The van der Waals surface area contributed by atoms with Gasteiger partial charge in [-0.15, -0.1) is 0 Å². The molecular weight excluding hydrogens is 236 g/mol. The van der Waals surface area contributed by atoms with Gasteiger partial charge in [-0.05, 0) is 20.1 Å². The van der Waals surface area contributed by atoms with Gasteiger partial charge >= 0.3 is 12.2 Å². The Balaban J connectivity index is 7.65. The summed E-state index contributed by atoms with van der Waals surface area (Å²) < 4.78 is 168. The van der Waals surface area contributed by atoms with Crippen molar-refractivity contribution in [3.63, 3.8) is 0 Å². The number of rotatable bonds is 7. The Morgan fingerprint density at radius 1 is 1.50 bits per heavy atom. The van der Waals surface area contributed by atoms with Crippen LogP contribution in [0.2, 0.25) is 0 Å². The number of carbonyl (C=O) groups is 2. The first-order valence-electron chi connectivity index (χ1n) is 14.5. The van der Waals surface area contributed by atoms with E-state index in [1.807, 2.05) is 0 Å². The number of primary amides is 1. The quantitative estimate of drug-likeness (QED) is 0.747. The Morgan fingerprint density at radius 3 is 2.78 bits per heavy atom. The molecule has 0 fully saturated rings. The monoisotopic (exact) mass is 281 g/mol. The fraction of sp³-hybridized carbons (Fsp3) is 0.833. The largest absolute Gasteiger partial charge is 0.449 e. The van der Waals surface area contributed by atoms with Crippen molar-refractivity contribution in [1.82, 2.24) is 5.32 Å². The molecule has 0 aliphatic rings. The van der Waals surface area contributed by atoms with Crippen LogP contribution < -0.4 is 11.1 Å². The lowest BCUT2D eigenvalue weighted by Crippen LogP contribution is -2.37. The molecule has 0 aromatic rings. The smallest absolute Gasteiger partial charge is 0.407 e. The van der Waals surface area contributed by atoms with E-state index in [2.05, 4.69) is 15.2 Å². The zero-order valence-electron chi connectivity index (χ0n) is 29.7. The van der Waals surface area contributed by atoms with Crippen molar-refractivity contribution >= 4 is 12.2 Å². The maximum absolute atomic E-state index is 12.5. The molecule has 0 aliphatic heterocycles. The third-order valence-corrected chi connectivity index (χ3v) is 1.08. The van der Waals surface area contributed by atoms with E-state index in [-0.39, 0.29) is 0 Å². The van der Waals surface area contributed by atoms with Crippen molar-refractivity contribution in [2.75, 3.05) is 13.1 Å². The number of nitrogens with two attached hydrogens (primary N) is 1. The zero-order chi connectivity index (χ0) is 32.3. The number of amides is 2. The lowest BCUT2D eigenvalue weighted by molar-refractivity contribution is 0.0333. The summed E-state index contributed by atoms with van der Waals surface area (Å²) in [5.74, 6) is 0. The second-order valence-electron chi connectivity index (χ2n) is 2.51. The normalized spacial score (nSPS) is 37.7. The molecule has 1 atom stereocenters. The van der Waals surface area contributed by atoms with Crippen LogP contribution in [0.4, 0.5) is 9.59 Å². The van der Waals surface area contributed by atoms with Gasteiger partial charge in [0.25, 0.3) is 0 Å². The highest BCUT2D eigenvalue weighted by atomic mass is 16.6. The molecule has 0 aromatic heterocycles. The summed E-state index contributed by atoms with van der Waals surface area (Å²) >= 11 is 0. The van der Waals surface area contributed by atoms with Crippen molar-refractivity contribution in [3.8, 4) is 0 Å². The minimum absolute atomic E-state index is 0.940. The van der Waals surface area contributed by atoms with E-state index in [0.717, 1.165) is 5.32 Å². The van der Waals surface area contributed by atoms with E-state index >= 15 is 0 Å². The first kappa shape index (κ1) is 2.99. The molecule has 0 aromatic carbocycles. The van der Waals surface area contributed by atoms with Crippen molar-refractivity contribution < 1.29 is 47.8 Å². The molecule has 0 radical (unpaired) electrons. The van der Waals surface area contributed by atoms with Crippen LogP contribution in [0.1, 0.15) is 68.9 Å². The molecule has 6 nitrogen and oxygen atoms in total. The van der Waals surface area contributed by atoms with Crippen LogP contribution in [0.25, 0.3) is 0 Å². The number of ether oxygens (including phenoxy) is 2. The summed E-state index contributed by atoms with van der Waals surface area (Å²) in [7, 11) is 0. The van der Waals surface area contributed by atoms with E-state index in [1.165, 1.54) is 0 Å². The van der Waals surface area contributed by atoms with Gasteiger partial charge < -0.3 is 20.5 Å². The van der Waals surface area contributed by atoms with E-state index in [1.54, 1.807) is 0 Å². The predicted octanol–water partition coefficient (Wildman–Crippen LogP) is 2.02. The minimum Gasteiger partial charge on any atom is -0.449 e. The summed E-state index contributed by atoms with van der Waals surface area (Å²) in [6.45, 7) is -26.3. The molecule has 3 N–H and O–H groups in total. The fourth-order valence-electron chi connectivity index (χ4n) is 0.543. The highest BCUT2D eigenvalue weighted by Gasteiger charge is 2.27. The van der Waals surface area contributed by atoms with Gasteiger partial charge in [0.1, 0.15) is 13.1 Å². The molecular formula is C12H24N2O4. The summed E-state index contributed by atoms with van der Waals surface area (Å²) in [5.41, 5.74) is -0.343.